The van der Waals surface area contributed by atoms with Gasteiger partial charge in [-0.15, -0.1) is 0 Å². The highest BCUT2D eigenvalue weighted by Gasteiger charge is 2.76. The van der Waals surface area contributed by atoms with Crippen LogP contribution in [-0.2, 0) is 60.7 Å². The zero-order valence-electron chi connectivity index (χ0n) is 46.2. The molecule has 2 heterocycles. The van der Waals surface area contributed by atoms with E-state index in [0.717, 1.165) is 29.5 Å². The summed E-state index contributed by atoms with van der Waals surface area (Å²) in [5, 5.41) is 74.2. The average Bonchev–Trinajstić information content (AvgIpc) is 1.60. The molecule has 0 spiro atoms. The van der Waals surface area contributed by atoms with Gasteiger partial charge in [-0.3, -0.25) is 24.0 Å². The van der Waals surface area contributed by atoms with E-state index in [-0.39, 0.29) is 66.4 Å². The molecule has 2 saturated heterocycles. The number of carbonyl (C=O) groups excluding carboxylic acids is 6. The molecule has 82 heavy (non-hydrogen) atoms. The van der Waals surface area contributed by atoms with Crippen molar-refractivity contribution in [3.05, 3.63) is 83.0 Å². The number of carboxylic acid groups (broad SMARTS) is 1. The zero-order chi connectivity index (χ0) is 58.7. The highest BCUT2D eigenvalue weighted by atomic mass is 16.7. The van der Waals surface area contributed by atoms with Crippen LogP contribution < -0.4 is 31.7 Å². The number of aliphatic carboxylic acids is 1. The van der Waals surface area contributed by atoms with Gasteiger partial charge in [0, 0.05) is 47.7 Å². The van der Waals surface area contributed by atoms with Crippen LogP contribution in [0.4, 0.5) is 10.5 Å². The molecule has 15 atom stereocenters. The lowest BCUT2D eigenvalue weighted by atomic mass is 9.38. The van der Waals surface area contributed by atoms with E-state index in [9.17, 15) is 64.2 Å². The summed E-state index contributed by atoms with van der Waals surface area (Å²) >= 11 is 0. The van der Waals surface area contributed by atoms with Crippen LogP contribution in [0, 0.1) is 34.0 Å². The molecular weight excluding hydrogens is 1070 g/mol. The van der Waals surface area contributed by atoms with Crippen LogP contribution in [-0.4, -0.2) is 152 Å². The largest absolute Gasteiger partial charge is 0.479 e. The first-order chi connectivity index (χ1) is 39.0. The maximum absolute atomic E-state index is 14.1. The molecule has 4 amide bonds. The standard InChI is InChI=1S/C59H75N5O18/c1-30(66)62-38(6-4-5-18-60)50(74)61-19-16-44(70)63-39-20-32(9-14-41(39)79-53-48(73)46(71)47(72)49(81-53)51(75)76)26-78-54(77)64-58-27-57(28-58,29-58)23-31-7-10-33(11-8-31)52-80-43-22-37-36-13-12-34-21-35(67)15-17-55(34,2)45(36)40(68)24-56(37,3)59(43,82-52)42(69)25-65/h7-11,14-15,17,20-21,36-38,40,43,45-49,52-53,65,68,71-73H,4-6,12-13,16,18-19,22-29,60H2,1-3H3,(H,61,74)(H,62,66)(H,63,70)(H,64,77)(H,75,76)/t36-,37-,38-,40-,43+,45+,46-,47-,48+,49-,52+,53+,55-,56-,57?,58?,59+/m0/s1. The molecule has 0 aromatic heterocycles. The van der Waals surface area contributed by atoms with Gasteiger partial charge in [0.1, 0.15) is 43.3 Å². The SMILES string of the molecule is CC(=O)N[C@@H](CCCCN)C(=O)NCCC(=O)Nc1cc(COC(=O)NC23CC(Cc4ccc([C@@H]5O[C@@H]6C[C@H]7[C@@H]8CCC9=CC(=O)C=C[C@]9(C)[C@H]8[C@@H](O)C[C@]7(C)[C@]6(C(=O)CO)O5)cc4)(C2)C3)ccc1O[C@@H]1O[C@H](C(=O)O)[C@@H](O)[C@H](O)[C@H]1O. The Bertz CT molecular complexity index is 2900. The van der Waals surface area contributed by atoms with Gasteiger partial charge in [0.15, 0.2) is 29.6 Å². The summed E-state index contributed by atoms with van der Waals surface area (Å²) in [7, 11) is 0. The van der Waals surface area contributed by atoms with E-state index in [1.165, 1.54) is 25.1 Å². The molecule has 9 aliphatic rings. The van der Waals surface area contributed by atoms with Crippen LogP contribution in [0.2, 0.25) is 0 Å². The number of nitrogens with one attached hydrogen (secondary N) is 4. The Morgan fingerprint density at radius 1 is 0.927 bits per heavy atom. The molecule has 2 aliphatic heterocycles. The number of ketones is 2. The summed E-state index contributed by atoms with van der Waals surface area (Å²) < 4.78 is 30.2. The van der Waals surface area contributed by atoms with Crippen LogP contribution in [0.3, 0.4) is 0 Å². The summed E-state index contributed by atoms with van der Waals surface area (Å²) in [4.78, 5) is 89.5. The molecule has 0 unspecified atom stereocenters. The van der Waals surface area contributed by atoms with Gasteiger partial charge in [-0.25, -0.2) is 9.59 Å². The number of unbranched alkanes of at least 4 members (excludes halogenated alkanes) is 1. The van der Waals surface area contributed by atoms with Gasteiger partial charge >= 0.3 is 12.1 Å². The number of amides is 4. The first-order valence-electron chi connectivity index (χ1n) is 28.4. The second-order valence-corrected chi connectivity index (χ2v) is 24.6. The molecule has 7 aliphatic carbocycles. The third-order valence-electron chi connectivity index (χ3n) is 19.2. The van der Waals surface area contributed by atoms with Crippen molar-refractivity contribution < 1.29 is 87.9 Å². The van der Waals surface area contributed by atoms with Gasteiger partial charge in [-0.2, -0.15) is 0 Å². The van der Waals surface area contributed by atoms with Gasteiger partial charge in [0.05, 0.1) is 17.9 Å². The number of hydrogen-bond acceptors (Lipinski definition) is 18. The van der Waals surface area contributed by atoms with Crippen molar-refractivity contribution in [1.29, 1.82) is 0 Å². The van der Waals surface area contributed by atoms with Gasteiger partial charge in [0.2, 0.25) is 24.0 Å². The second kappa shape index (κ2) is 22.8. The summed E-state index contributed by atoms with van der Waals surface area (Å²) in [6.45, 7) is 4.67. The van der Waals surface area contributed by atoms with E-state index in [1.54, 1.807) is 12.2 Å². The van der Waals surface area contributed by atoms with Gasteiger partial charge in [-0.05, 0) is 130 Å². The number of hydrogen-bond donors (Lipinski definition) is 11. The molecule has 11 rings (SSSR count). The lowest BCUT2D eigenvalue weighted by molar-refractivity contribution is -0.271. The predicted octanol–water partition coefficient (Wildman–Crippen LogP) is 2.03. The Morgan fingerprint density at radius 3 is 2.35 bits per heavy atom. The molecule has 12 N–H and O–H groups in total. The molecule has 0 radical (unpaired) electrons. The third-order valence-corrected chi connectivity index (χ3v) is 19.2. The van der Waals surface area contributed by atoms with Gasteiger partial charge < -0.3 is 81.3 Å². The van der Waals surface area contributed by atoms with Crippen LogP contribution in [0.5, 0.6) is 5.75 Å². The quantitative estimate of drug-likeness (QED) is 0.0797. The number of aliphatic hydroxyl groups is 5. The van der Waals surface area contributed by atoms with E-state index in [1.807, 2.05) is 37.3 Å². The van der Waals surface area contributed by atoms with Crippen molar-refractivity contribution in [3.63, 3.8) is 0 Å². The number of Topliss-reactive ketones (excluding diaryl/α,β-unsaturated/α-hetero) is 1. The summed E-state index contributed by atoms with van der Waals surface area (Å²) in [6.07, 6.45) is -0.881. The Kier molecular flexibility index (Phi) is 16.4. The lowest BCUT2D eigenvalue weighted by Crippen LogP contribution is -2.75. The maximum Gasteiger partial charge on any atom is 0.407 e. The van der Waals surface area contributed by atoms with Crippen molar-refractivity contribution in [2.75, 3.05) is 25.0 Å². The summed E-state index contributed by atoms with van der Waals surface area (Å²) in [5.41, 5.74) is 5.47. The van der Waals surface area contributed by atoms with Crippen molar-refractivity contribution in [2.45, 2.75) is 171 Å². The highest BCUT2D eigenvalue weighted by Crippen LogP contribution is 2.71. The highest BCUT2D eigenvalue weighted by molar-refractivity contribution is 6.01. The van der Waals surface area contributed by atoms with Gasteiger partial charge in [-0.1, -0.05) is 55.8 Å². The number of rotatable bonds is 21. The van der Waals surface area contributed by atoms with E-state index < -0.39 is 119 Å². The molecule has 2 aromatic carbocycles. The van der Waals surface area contributed by atoms with Crippen LogP contribution >= 0.6 is 0 Å². The van der Waals surface area contributed by atoms with E-state index >= 15 is 0 Å². The normalized spacial score (nSPS) is 36.8. The Morgan fingerprint density at radius 2 is 1.66 bits per heavy atom. The lowest BCUT2D eigenvalue weighted by Gasteiger charge is -2.70. The van der Waals surface area contributed by atoms with E-state index in [4.69, 9.17) is 29.4 Å². The molecule has 444 valence electrons. The topological polar surface area (TPSA) is 361 Å². The zero-order valence-corrected chi connectivity index (χ0v) is 46.2. The minimum atomic E-state index is -1.98. The Balaban J connectivity index is 0.735. The number of benzene rings is 2. The predicted molar refractivity (Wildman–Crippen MR) is 288 cm³/mol. The minimum absolute atomic E-state index is 0.0276. The fourth-order valence-corrected chi connectivity index (χ4v) is 15.6. The number of alkyl carbamates (subject to hydrolysis) is 1. The van der Waals surface area contributed by atoms with Crippen molar-refractivity contribution >= 4 is 47.0 Å². The minimum Gasteiger partial charge on any atom is -0.479 e. The van der Waals surface area contributed by atoms with Crippen molar-refractivity contribution in [2.24, 2.45) is 39.7 Å². The number of aliphatic hydroxyl groups excluding tert-OH is 5. The van der Waals surface area contributed by atoms with Crippen LogP contribution in [0.25, 0.3) is 0 Å². The first-order valence-corrected chi connectivity index (χ1v) is 28.4. The third kappa shape index (κ3) is 10.8. The molecule has 8 fully saturated rings. The number of ether oxygens (including phenoxy) is 5. The number of nitrogens with two attached hydrogens (primary N) is 1. The molecule has 6 saturated carbocycles. The first kappa shape index (κ1) is 59.0. The number of fused-ring (bicyclic) bond motifs is 7. The number of allylic oxidation sites excluding steroid dienone is 4. The monoisotopic (exact) mass is 1140 g/mol. The molecule has 2 aromatic rings. The van der Waals surface area contributed by atoms with E-state index in [0.29, 0.717) is 63.5 Å². The van der Waals surface area contributed by atoms with E-state index in [2.05, 4.69) is 28.2 Å². The molecular formula is C59H75N5O18. The number of anilines is 1. The Labute approximate surface area is 473 Å². The molecule has 23 heteroatoms. The number of carbonyl (C=O) groups is 7. The van der Waals surface area contributed by atoms with Crippen LogP contribution in [0.1, 0.15) is 114 Å². The van der Waals surface area contributed by atoms with Gasteiger partial charge in [0.25, 0.3) is 0 Å². The smallest absolute Gasteiger partial charge is 0.407 e. The van der Waals surface area contributed by atoms with Crippen molar-refractivity contribution in [1.82, 2.24) is 16.0 Å². The fraction of sp³-hybridized carbons (Fsp3) is 0.610. The number of carboxylic acids is 1. The maximum atomic E-state index is 14.1. The van der Waals surface area contributed by atoms with Crippen LogP contribution in [0.15, 0.2) is 66.3 Å². The molecule has 23 nitrogen and oxygen atoms in total. The summed E-state index contributed by atoms with van der Waals surface area (Å²) in [6, 6.07) is 11.3. The summed E-state index contributed by atoms with van der Waals surface area (Å²) in [5.74, 6) is -3.94. The van der Waals surface area contributed by atoms with Crippen molar-refractivity contribution in [3.8, 4) is 5.75 Å². The Hall–Kier alpha value is -6.15. The fourth-order valence-electron chi connectivity index (χ4n) is 15.6. The second-order valence-electron chi connectivity index (χ2n) is 24.6. The average molecular weight is 1140 g/mol. The molecule has 2 bridgehead atoms.